The minimum atomic E-state index is -0.674. The Morgan fingerprint density at radius 3 is 2.53 bits per heavy atom. The van der Waals surface area contributed by atoms with Gasteiger partial charge in [0.2, 0.25) is 0 Å². The highest BCUT2D eigenvalue weighted by atomic mass is 16.4. The van der Waals surface area contributed by atoms with Crippen LogP contribution < -0.4 is 0 Å². The van der Waals surface area contributed by atoms with Crippen LogP contribution in [0.1, 0.15) is 46.0 Å². The van der Waals surface area contributed by atoms with Crippen molar-refractivity contribution in [1.29, 1.82) is 0 Å². The van der Waals surface area contributed by atoms with Crippen molar-refractivity contribution in [3.8, 4) is 0 Å². The summed E-state index contributed by atoms with van der Waals surface area (Å²) in [6.45, 7) is 7.75. The maximum atomic E-state index is 10.4. The van der Waals surface area contributed by atoms with Gasteiger partial charge in [-0.05, 0) is 65.1 Å². The van der Waals surface area contributed by atoms with Crippen molar-refractivity contribution in [3.63, 3.8) is 0 Å². The number of carbonyl (C=O) groups is 1. The molecule has 17 heavy (non-hydrogen) atoms. The van der Waals surface area contributed by atoms with Crippen LogP contribution >= 0.6 is 0 Å². The number of carboxylic acids is 1. The number of nitrogens with zero attached hydrogens (tertiary/aromatic N) is 1. The molecule has 0 bridgehead atoms. The molecule has 1 saturated heterocycles. The average molecular weight is 239 g/mol. The molecule has 0 radical (unpaired) electrons. The molecule has 1 N–H and O–H groups in total. The van der Waals surface area contributed by atoms with Crippen LogP contribution in [0.25, 0.3) is 0 Å². The van der Waals surface area contributed by atoms with Crippen molar-refractivity contribution in [2.45, 2.75) is 46.0 Å². The largest absolute Gasteiger partial charge is 0.481 e. The lowest BCUT2D eigenvalue weighted by molar-refractivity contribution is -0.137. The number of carboxylic acid groups (broad SMARTS) is 1. The summed E-state index contributed by atoms with van der Waals surface area (Å²) < 4.78 is 0. The minimum absolute atomic E-state index is 0.314. The topological polar surface area (TPSA) is 40.5 Å². The standard InChI is InChI=1S/C14H25NO2/c1-3-12(2)13-7-10-15(11-8-13)9-5-4-6-14(16)17/h3,13H,4-11H2,1-2H3,(H,16,17)/b12-3+. The number of hydrogen-bond acceptors (Lipinski definition) is 2. The number of unbranched alkanes of at least 4 members (excludes halogenated alkanes) is 1. The Bertz CT molecular complexity index is 265. The number of hydrogen-bond donors (Lipinski definition) is 1. The van der Waals surface area contributed by atoms with E-state index in [1.54, 1.807) is 0 Å². The van der Waals surface area contributed by atoms with Gasteiger partial charge in [-0.25, -0.2) is 0 Å². The van der Waals surface area contributed by atoms with Crippen LogP contribution in [0.2, 0.25) is 0 Å². The van der Waals surface area contributed by atoms with E-state index in [1.807, 2.05) is 0 Å². The zero-order valence-corrected chi connectivity index (χ0v) is 11.1. The third-order valence-corrected chi connectivity index (χ3v) is 3.80. The highest BCUT2D eigenvalue weighted by molar-refractivity contribution is 5.66. The summed E-state index contributed by atoms with van der Waals surface area (Å²) in [5, 5.41) is 8.55. The lowest BCUT2D eigenvalue weighted by Crippen LogP contribution is -2.34. The molecule has 1 aliphatic heterocycles. The quantitative estimate of drug-likeness (QED) is 0.572. The van der Waals surface area contributed by atoms with Crippen molar-refractivity contribution in [2.75, 3.05) is 19.6 Å². The molecule has 1 rings (SSSR count). The fraction of sp³-hybridized carbons (Fsp3) is 0.786. The SMILES string of the molecule is C/C=C(\C)C1CCN(CCCCC(=O)O)CC1. The molecule has 1 heterocycles. The molecule has 0 atom stereocenters. The summed E-state index contributed by atoms with van der Waals surface area (Å²) >= 11 is 0. The Labute approximate surface area is 105 Å². The molecular formula is C14H25NO2. The van der Waals surface area contributed by atoms with Crippen molar-refractivity contribution in [3.05, 3.63) is 11.6 Å². The van der Waals surface area contributed by atoms with Crippen LogP contribution in [0.4, 0.5) is 0 Å². The van der Waals surface area contributed by atoms with E-state index in [9.17, 15) is 4.79 Å². The van der Waals surface area contributed by atoms with Gasteiger partial charge < -0.3 is 10.0 Å². The number of likely N-dealkylation sites (tertiary alicyclic amines) is 1. The van der Waals surface area contributed by atoms with Gasteiger partial charge in [-0.1, -0.05) is 11.6 Å². The van der Waals surface area contributed by atoms with Crippen LogP contribution in [-0.4, -0.2) is 35.6 Å². The maximum absolute atomic E-state index is 10.4. The van der Waals surface area contributed by atoms with Gasteiger partial charge in [0, 0.05) is 6.42 Å². The van der Waals surface area contributed by atoms with Crippen LogP contribution in [0.5, 0.6) is 0 Å². The van der Waals surface area contributed by atoms with Gasteiger partial charge in [-0.2, -0.15) is 0 Å². The lowest BCUT2D eigenvalue weighted by Gasteiger charge is -2.32. The van der Waals surface area contributed by atoms with Gasteiger partial charge in [-0.3, -0.25) is 4.79 Å². The Hall–Kier alpha value is -0.830. The third kappa shape index (κ3) is 5.35. The smallest absolute Gasteiger partial charge is 0.303 e. The summed E-state index contributed by atoms with van der Waals surface area (Å²) in [4.78, 5) is 12.9. The second-order valence-electron chi connectivity index (χ2n) is 5.00. The molecule has 0 aromatic rings. The Morgan fingerprint density at radius 2 is 2.00 bits per heavy atom. The molecule has 0 spiro atoms. The van der Waals surface area contributed by atoms with Gasteiger partial charge in [0.1, 0.15) is 0 Å². The monoisotopic (exact) mass is 239 g/mol. The van der Waals surface area contributed by atoms with E-state index in [4.69, 9.17) is 5.11 Å². The lowest BCUT2D eigenvalue weighted by atomic mass is 9.90. The molecular weight excluding hydrogens is 214 g/mol. The second-order valence-corrected chi connectivity index (χ2v) is 5.00. The Morgan fingerprint density at radius 1 is 1.35 bits per heavy atom. The van der Waals surface area contributed by atoms with Crippen LogP contribution in [-0.2, 0) is 4.79 Å². The molecule has 0 aliphatic carbocycles. The molecule has 98 valence electrons. The number of rotatable bonds is 6. The summed E-state index contributed by atoms with van der Waals surface area (Å²) in [5.74, 6) is 0.0997. The highest BCUT2D eigenvalue weighted by Gasteiger charge is 2.19. The molecule has 0 saturated carbocycles. The molecule has 0 aromatic carbocycles. The molecule has 0 unspecified atom stereocenters. The predicted octanol–water partition coefficient (Wildman–Crippen LogP) is 2.92. The first kappa shape index (κ1) is 14.2. The van der Waals surface area contributed by atoms with E-state index in [0.29, 0.717) is 6.42 Å². The van der Waals surface area contributed by atoms with Gasteiger partial charge in [0.25, 0.3) is 0 Å². The van der Waals surface area contributed by atoms with E-state index < -0.39 is 5.97 Å². The van der Waals surface area contributed by atoms with Gasteiger partial charge in [0.05, 0.1) is 0 Å². The first-order chi connectivity index (χ1) is 8.13. The van der Waals surface area contributed by atoms with Crippen LogP contribution in [0, 0.1) is 5.92 Å². The van der Waals surface area contributed by atoms with E-state index >= 15 is 0 Å². The predicted molar refractivity (Wildman–Crippen MR) is 70.1 cm³/mol. The summed E-state index contributed by atoms with van der Waals surface area (Å²) in [6.07, 6.45) is 6.88. The van der Waals surface area contributed by atoms with Gasteiger partial charge >= 0.3 is 5.97 Å². The third-order valence-electron chi connectivity index (χ3n) is 3.80. The fourth-order valence-electron chi connectivity index (χ4n) is 2.46. The second kappa shape index (κ2) is 7.49. The molecule has 0 aromatic heterocycles. The average Bonchev–Trinajstić information content (AvgIpc) is 2.34. The first-order valence-electron chi connectivity index (χ1n) is 6.70. The fourth-order valence-corrected chi connectivity index (χ4v) is 2.46. The van der Waals surface area contributed by atoms with Gasteiger partial charge in [0.15, 0.2) is 0 Å². The first-order valence-corrected chi connectivity index (χ1v) is 6.70. The number of aliphatic carboxylic acids is 1. The van der Waals surface area contributed by atoms with E-state index in [-0.39, 0.29) is 0 Å². The normalized spacial score (nSPS) is 19.5. The minimum Gasteiger partial charge on any atom is -0.481 e. The van der Waals surface area contributed by atoms with E-state index in [1.165, 1.54) is 31.5 Å². The van der Waals surface area contributed by atoms with Crippen molar-refractivity contribution >= 4 is 5.97 Å². The number of piperidine rings is 1. The Kier molecular flexibility index (Phi) is 6.27. The summed E-state index contributed by atoms with van der Waals surface area (Å²) in [7, 11) is 0. The zero-order valence-electron chi connectivity index (χ0n) is 11.1. The summed E-state index contributed by atoms with van der Waals surface area (Å²) in [5.41, 5.74) is 1.52. The van der Waals surface area contributed by atoms with E-state index in [0.717, 1.165) is 25.3 Å². The maximum Gasteiger partial charge on any atom is 0.303 e. The van der Waals surface area contributed by atoms with Crippen LogP contribution in [0.3, 0.4) is 0 Å². The van der Waals surface area contributed by atoms with Gasteiger partial charge in [-0.15, -0.1) is 0 Å². The van der Waals surface area contributed by atoms with Crippen LogP contribution in [0.15, 0.2) is 11.6 Å². The molecule has 1 aliphatic rings. The highest BCUT2D eigenvalue weighted by Crippen LogP contribution is 2.24. The molecule has 3 heteroatoms. The summed E-state index contributed by atoms with van der Waals surface area (Å²) in [6, 6.07) is 0. The number of allylic oxidation sites excluding steroid dienone is 2. The Balaban J connectivity index is 2.13. The molecule has 1 fully saturated rings. The van der Waals surface area contributed by atoms with Crippen molar-refractivity contribution in [2.24, 2.45) is 5.92 Å². The van der Waals surface area contributed by atoms with Crippen molar-refractivity contribution in [1.82, 2.24) is 4.90 Å². The zero-order chi connectivity index (χ0) is 12.7. The molecule has 3 nitrogen and oxygen atoms in total. The van der Waals surface area contributed by atoms with E-state index in [2.05, 4.69) is 24.8 Å². The molecule has 0 amide bonds. The van der Waals surface area contributed by atoms with Crippen molar-refractivity contribution < 1.29 is 9.90 Å².